The van der Waals surface area contributed by atoms with Gasteiger partial charge in [-0.05, 0) is 24.6 Å². The maximum atomic E-state index is 5.88. The van der Waals surface area contributed by atoms with E-state index in [0.29, 0.717) is 6.61 Å². The molecule has 0 radical (unpaired) electrons. The smallest absolute Gasteiger partial charge is 0.161 e. The van der Waals surface area contributed by atoms with Crippen LogP contribution >= 0.6 is 0 Å². The number of ether oxygens (including phenoxy) is 2. The normalized spacial score (nSPS) is 10.7. The standard InChI is InChI=1S/C17H17NO2/c1-12-6-5-7-14-13(10-18-17(12)14)11-20-16-9-4-3-8-15(16)19-2/h3-10,18H,11H2,1-2H3. The van der Waals surface area contributed by atoms with Crippen LogP contribution in [-0.2, 0) is 6.61 Å². The van der Waals surface area contributed by atoms with E-state index in [1.807, 2.05) is 30.5 Å². The maximum absolute atomic E-state index is 5.88. The average Bonchev–Trinajstić information content (AvgIpc) is 2.90. The fourth-order valence-corrected chi connectivity index (χ4v) is 2.38. The molecule has 0 aliphatic rings. The zero-order valence-electron chi connectivity index (χ0n) is 11.6. The molecule has 0 saturated heterocycles. The van der Waals surface area contributed by atoms with Gasteiger partial charge in [-0.1, -0.05) is 30.3 Å². The van der Waals surface area contributed by atoms with Crippen molar-refractivity contribution >= 4 is 10.9 Å². The maximum Gasteiger partial charge on any atom is 0.161 e. The lowest BCUT2D eigenvalue weighted by molar-refractivity contribution is 0.285. The van der Waals surface area contributed by atoms with E-state index in [-0.39, 0.29) is 0 Å². The van der Waals surface area contributed by atoms with Crippen LogP contribution in [0.3, 0.4) is 0 Å². The Morgan fingerprint density at radius 3 is 2.60 bits per heavy atom. The SMILES string of the molecule is COc1ccccc1OCc1c[nH]c2c(C)cccc12. The first kappa shape index (κ1) is 12.6. The van der Waals surface area contributed by atoms with Gasteiger partial charge >= 0.3 is 0 Å². The summed E-state index contributed by atoms with van der Waals surface area (Å²) in [5, 5.41) is 1.21. The second-order valence-electron chi connectivity index (χ2n) is 4.75. The molecule has 0 amide bonds. The van der Waals surface area contributed by atoms with Crippen molar-refractivity contribution in [3.8, 4) is 11.5 Å². The number of hydrogen-bond donors (Lipinski definition) is 1. The number of aromatic amines is 1. The minimum absolute atomic E-state index is 0.518. The monoisotopic (exact) mass is 267 g/mol. The van der Waals surface area contributed by atoms with Gasteiger partial charge in [0.25, 0.3) is 0 Å². The molecule has 1 heterocycles. The van der Waals surface area contributed by atoms with Crippen LogP contribution in [-0.4, -0.2) is 12.1 Å². The molecule has 2 aromatic carbocycles. The summed E-state index contributed by atoms with van der Waals surface area (Å²) in [6.07, 6.45) is 2.01. The highest BCUT2D eigenvalue weighted by Crippen LogP contribution is 2.28. The fraction of sp³-hybridized carbons (Fsp3) is 0.176. The van der Waals surface area contributed by atoms with Crippen LogP contribution in [0, 0.1) is 6.92 Å². The number of para-hydroxylation sites is 3. The Morgan fingerprint density at radius 1 is 1.00 bits per heavy atom. The topological polar surface area (TPSA) is 34.2 Å². The van der Waals surface area contributed by atoms with E-state index in [0.717, 1.165) is 17.1 Å². The highest BCUT2D eigenvalue weighted by Gasteiger charge is 2.07. The van der Waals surface area contributed by atoms with Gasteiger partial charge in [-0.3, -0.25) is 0 Å². The number of aromatic nitrogens is 1. The van der Waals surface area contributed by atoms with Crippen molar-refractivity contribution in [3.05, 3.63) is 59.8 Å². The summed E-state index contributed by atoms with van der Waals surface area (Å²) in [5.41, 5.74) is 3.56. The van der Waals surface area contributed by atoms with Crippen molar-refractivity contribution in [2.24, 2.45) is 0 Å². The summed E-state index contributed by atoms with van der Waals surface area (Å²) >= 11 is 0. The molecular weight excluding hydrogens is 250 g/mol. The van der Waals surface area contributed by atoms with E-state index in [9.17, 15) is 0 Å². The minimum Gasteiger partial charge on any atom is -0.493 e. The summed E-state index contributed by atoms with van der Waals surface area (Å²) in [6.45, 7) is 2.62. The lowest BCUT2D eigenvalue weighted by Crippen LogP contribution is -1.96. The molecule has 0 bridgehead atoms. The highest BCUT2D eigenvalue weighted by atomic mass is 16.5. The van der Waals surface area contributed by atoms with Crippen molar-refractivity contribution in [3.63, 3.8) is 0 Å². The molecule has 0 spiro atoms. The van der Waals surface area contributed by atoms with Crippen LogP contribution in [0.4, 0.5) is 0 Å². The van der Waals surface area contributed by atoms with Gasteiger partial charge in [-0.2, -0.15) is 0 Å². The molecule has 3 rings (SSSR count). The number of aryl methyl sites for hydroxylation is 1. The summed E-state index contributed by atoms with van der Waals surface area (Å²) in [4.78, 5) is 3.31. The van der Waals surface area contributed by atoms with E-state index in [1.54, 1.807) is 7.11 Å². The fourth-order valence-electron chi connectivity index (χ4n) is 2.38. The number of hydrogen-bond acceptors (Lipinski definition) is 2. The van der Waals surface area contributed by atoms with Crippen LogP contribution < -0.4 is 9.47 Å². The van der Waals surface area contributed by atoms with Gasteiger partial charge in [0.15, 0.2) is 11.5 Å². The largest absolute Gasteiger partial charge is 0.493 e. The van der Waals surface area contributed by atoms with E-state index >= 15 is 0 Å². The molecule has 0 saturated carbocycles. The molecule has 3 aromatic rings. The van der Waals surface area contributed by atoms with Crippen LogP contribution in [0.1, 0.15) is 11.1 Å². The Hall–Kier alpha value is -2.42. The Labute approximate surface area is 118 Å². The molecule has 3 nitrogen and oxygen atoms in total. The third-order valence-corrected chi connectivity index (χ3v) is 3.46. The first-order chi connectivity index (χ1) is 9.79. The number of rotatable bonds is 4. The number of H-pyrrole nitrogens is 1. The van der Waals surface area contributed by atoms with Crippen LogP contribution in [0.2, 0.25) is 0 Å². The molecule has 102 valence electrons. The van der Waals surface area contributed by atoms with Gasteiger partial charge in [-0.25, -0.2) is 0 Å². The van der Waals surface area contributed by atoms with E-state index in [1.165, 1.54) is 16.5 Å². The second-order valence-corrected chi connectivity index (χ2v) is 4.75. The number of nitrogens with one attached hydrogen (secondary N) is 1. The van der Waals surface area contributed by atoms with Gasteiger partial charge in [-0.15, -0.1) is 0 Å². The van der Waals surface area contributed by atoms with Gasteiger partial charge in [0.2, 0.25) is 0 Å². The molecule has 0 fully saturated rings. The van der Waals surface area contributed by atoms with Crippen molar-refractivity contribution in [2.45, 2.75) is 13.5 Å². The summed E-state index contributed by atoms with van der Waals surface area (Å²) in [6, 6.07) is 14.0. The number of fused-ring (bicyclic) bond motifs is 1. The third-order valence-electron chi connectivity index (χ3n) is 3.46. The van der Waals surface area contributed by atoms with E-state index < -0.39 is 0 Å². The zero-order valence-corrected chi connectivity index (χ0v) is 11.6. The van der Waals surface area contributed by atoms with E-state index in [2.05, 4.69) is 30.1 Å². The molecule has 20 heavy (non-hydrogen) atoms. The van der Waals surface area contributed by atoms with Crippen molar-refractivity contribution in [2.75, 3.05) is 7.11 Å². The Bertz CT molecular complexity index is 731. The molecule has 1 aromatic heterocycles. The van der Waals surface area contributed by atoms with Crippen LogP contribution in [0.15, 0.2) is 48.7 Å². The molecule has 0 aliphatic heterocycles. The lowest BCUT2D eigenvalue weighted by atomic mass is 10.1. The van der Waals surface area contributed by atoms with Gasteiger partial charge < -0.3 is 14.5 Å². The summed E-state index contributed by atoms with van der Waals surface area (Å²) in [5.74, 6) is 1.51. The quantitative estimate of drug-likeness (QED) is 0.773. The molecule has 3 heteroatoms. The minimum atomic E-state index is 0.518. The molecular formula is C17H17NO2. The van der Waals surface area contributed by atoms with E-state index in [4.69, 9.17) is 9.47 Å². The Morgan fingerprint density at radius 2 is 1.80 bits per heavy atom. The van der Waals surface area contributed by atoms with Crippen molar-refractivity contribution < 1.29 is 9.47 Å². The average molecular weight is 267 g/mol. The lowest BCUT2D eigenvalue weighted by Gasteiger charge is -2.09. The predicted octanol–water partition coefficient (Wildman–Crippen LogP) is 4.06. The van der Waals surface area contributed by atoms with Crippen LogP contribution in [0.25, 0.3) is 10.9 Å². The Balaban J connectivity index is 1.85. The predicted molar refractivity (Wildman–Crippen MR) is 80.4 cm³/mol. The second kappa shape index (κ2) is 5.29. The molecule has 0 atom stereocenters. The summed E-state index contributed by atoms with van der Waals surface area (Å²) < 4.78 is 11.2. The number of methoxy groups -OCH3 is 1. The Kier molecular flexibility index (Phi) is 3.33. The summed E-state index contributed by atoms with van der Waals surface area (Å²) in [7, 11) is 1.65. The zero-order chi connectivity index (χ0) is 13.9. The molecule has 0 unspecified atom stereocenters. The highest BCUT2D eigenvalue weighted by molar-refractivity contribution is 5.85. The van der Waals surface area contributed by atoms with Gasteiger partial charge in [0, 0.05) is 22.7 Å². The number of benzene rings is 2. The van der Waals surface area contributed by atoms with Crippen molar-refractivity contribution in [1.82, 2.24) is 4.98 Å². The van der Waals surface area contributed by atoms with Crippen molar-refractivity contribution in [1.29, 1.82) is 0 Å². The molecule has 0 aliphatic carbocycles. The first-order valence-corrected chi connectivity index (χ1v) is 6.61. The van der Waals surface area contributed by atoms with Crippen LogP contribution in [0.5, 0.6) is 11.5 Å². The molecule has 1 N–H and O–H groups in total. The van der Waals surface area contributed by atoms with Gasteiger partial charge in [0.1, 0.15) is 6.61 Å². The third kappa shape index (κ3) is 2.23. The first-order valence-electron chi connectivity index (χ1n) is 6.61. The van der Waals surface area contributed by atoms with Gasteiger partial charge in [0.05, 0.1) is 7.11 Å².